The summed E-state index contributed by atoms with van der Waals surface area (Å²) in [6.45, 7) is 31.7. The summed E-state index contributed by atoms with van der Waals surface area (Å²) in [5, 5.41) is 19.8. The van der Waals surface area contributed by atoms with E-state index in [1.54, 1.807) is 12.1 Å². The molecule has 0 N–H and O–H groups in total. The zero-order valence-corrected chi connectivity index (χ0v) is 36.4. The Morgan fingerprint density at radius 3 is 1.18 bits per heavy atom. The largest absolute Gasteiger partial charge is 0.437 e. The maximum absolute atomic E-state index is 9.41. The number of hydrogen-bond acceptors (Lipinski definition) is 8. The summed E-state index contributed by atoms with van der Waals surface area (Å²) in [5.74, 6) is 0. The number of benzene rings is 2. The highest BCUT2D eigenvalue weighted by Crippen LogP contribution is 2.29. The van der Waals surface area contributed by atoms with E-state index in [1.165, 1.54) is 0 Å². The van der Waals surface area contributed by atoms with Crippen LogP contribution in [-0.2, 0) is 24.7 Å². The zero-order chi connectivity index (χ0) is 34.0. The highest BCUT2D eigenvalue weighted by molar-refractivity contribution is 6.94. The van der Waals surface area contributed by atoms with Gasteiger partial charge in [0.05, 0.1) is 11.1 Å². The molecule has 0 aromatic heterocycles. The van der Waals surface area contributed by atoms with Crippen molar-refractivity contribution >= 4 is 64.6 Å². The first-order valence-electron chi connectivity index (χ1n) is 15.0. The Morgan fingerprint density at radius 1 is 0.432 bits per heavy atom. The van der Waals surface area contributed by atoms with Crippen molar-refractivity contribution in [2.45, 2.75) is 98.2 Å². The molecule has 0 heterocycles. The third-order valence-electron chi connectivity index (χ3n) is 6.19. The van der Waals surface area contributed by atoms with E-state index in [4.69, 9.17) is 24.7 Å². The van der Waals surface area contributed by atoms with Gasteiger partial charge in [0, 0.05) is 0 Å². The van der Waals surface area contributed by atoms with Gasteiger partial charge in [-0.15, -0.1) is 0 Å². The zero-order valence-electron chi connectivity index (χ0n) is 29.4. The predicted molar refractivity (Wildman–Crippen MR) is 196 cm³/mol. The first-order chi connectivity index (χ1) is 19.7. The van der Waals surface area contributed by atoms with Gasteiger partial charge in [0.1, 0.15) is 12.1 Å². The van der Waals surface area contributed by atoms with Crippen LogP contribution in [-0.4, -0.2) is 59.4 Å². The molecule has 2 aromatic carbocycles. The minimum absolute atomic E-state index is 0.378. The van der Waals surface area contributed by atoms with Gasteiger partial charge in [0.25, 0.3) is 0 Å². The second-order valence-corrected chi connectivity index (χ2v) is 41.5. The van der Waals surface area contributed by atoms with Gasteiger partial charge in [-0.3, -0.25) is 0 Å². The maximum Gasteiger partial charge on any atom is 0.314 e. The summed E-state index contributed by atoms with van der Waals surface area (Å²) in [5.41, 5.74) is 2.64. The SMILES string of the molecule is C[Si](C)(C)O[Si](C)(C)O[Si](C)(C)O[Si](C)(C)O[Si](C)(C)O[Si](C)(C)O[Si](C)(C)c1ccc(-c2ccc(C#N)c(C#N)c2)cc1. The topological polar surface area (TPSA) is 103 Å². The lowest BCUT2D eigenvalue weighted by Crippen LogP contribution is -2.61. The van der Waals surface area contributed by atoms with Gasteiger partial charge >= 0.3 is 42.8 Å². The smallest absolute Gasteiger partial charge is 0.314 e. The second-order valence-electron chi connectivity index (χ2n) is 14.8. The van der Waals surface area contributed by atoms with E-state index >= 15 is 0 Å². The lowest BCUT2D eigenvalue weighted by molar-refractivity contribution is 0.272. The summed E-state index contributed by atoms with van der Waals surface area (Å²) < 4.78 is 40.0. The van der Waals surface area contributed by atoms with Crippen LogP contribution in [0.25, 0.3) is 11.1 Å². The van der Waals surface area contributed by atoms with E-state index in [2.05, 4.69) is 122 Å². The van der Waals surface area contributed by atoms with E-state index in [9.17, 15) is 10.5 Å². The molecule has 0 radical (unpaired) electrons. The molecule has 0 aliphatic heterocycles. The fourth-order valence-electron chi connectivity index (χ4n) is 5.86. The van der Waals surface area contributed by atoms with E-state index < -0.39 is 59.4 Å². The molecule has 44 heavy (non-hydrogen) atoms. The summed E-state index contributed by atoms with van der Waals surface area (Å²) in [6, 6.07) is 17.8. The van der Waals surface area contributed by atoms with Gasteiger partial charge in [-0.2, -0.15) is 10.5 Å². The van der Waals surface area contributed by atoms with Crippen molar-refractivity contribution in [2.24, 2.45) is 0 Å². The summed E-state index contributed by atoms with van der Waals surface area (Å²) >= 11 is 0. The van der Waals surface area contributed by atoms with E-state index in [-0.39, 0.29) is 0 Å². The Kier molecular flexibility index (Phi) is 12.2. The molecule has 15 heteroatoms. The van der Waals surface area contributed by atoms with Gasteiger partial charge in [-0.05, 0) is 127 Å². The molecule has 8 nitrogen and oxygen atoms in total. The predicted octanol–water partition coefficient (Wildman–Crippen LogP) is 7.95. The first kappa shape index (κ1) is 38.9. The van der Waals surface area contributed by atoms with Crippen molar-refractivity contribution in [1.82, 2.24) is 0 Å². The summed E-state index contributed by atoms with van der Waals surface area (Å²) in [6.07, 6.45) is 0. The quantitative estimate of drug-likeness (QED) is 0.181. The molecular weight excluding hydrogens is 669 g/mol. The van der Waals surface area contributed by atoms with Crippen LogP contribution in [0.5, 0.6) is 0 Å². The van der Waals surface area contributed by atoms with Crippen LogP contribution in [0, 0.1) is 22.7 Å². The first-order valence-corrected chi connectivity index (χ1v) is 35.4. The molecule has 0 aliphatic rings. The molecule has 0 unspecified atom stereocenters. The van der Waals surface area contributed by atoms with E-state index in [1.807, 2.05) is 18.2 Å². The minimum atomic E-state index is -2.64. The Bertz CT molecular complexity index is 1390. The number of nitriles is 2. The minimum Gasteiger partial charge on any atom is -0.437 e. The molecular formula is C29H52N2O6Si7. The molecule has 0 amide bonds. The van der Waals surface area contributed by atoms with Crippen molar-refractivity contribution in [3.63, 3.8) is 0 Å². The Morgan fingerprint density at radius 2 is 0.795 bits per heavy atom. The molecule has 2 rings (SSSR count). The normalized spacial score (nSPS) is 13.8. The average molecular weight is 721 g/mol. The molecule has 2 aromatic rings. The van der Waals surface area contributed by atoms with Crippen LogP contribution in [0.2, 0.25) is 98.2 Å². The number of rotatable bonds is 14. The van der Waals surface area contributed by atoms with E-state index in [0.29, 0.717) is 11.1 Å². The van der Waals surface area contributed by atoms with Crippen molar-refractivity contribution in [2.75, 3.05) is 0 Å². The second kappa shape index (κ2) is 13.8. The van der Waals surface area contributed by atoms with Crippen LogP contribution >= 0.6 is 0 Å². The third kappa shape index (κ3) is 12.5. The third-order valence-corrected chi connectivity index (χ3v) is 32.1. The molecule has 0 atom stereocenters. The van der Waals surface area contributed by atoms with Gasteiger partial charge < -0.3 is 24.7 Å². The van der Waals surface area contributed by atoms with Crippen LogP contribution in [0.4, 0.5) is 0 Å². The fourth-order valence-corrected chi connectivity index (χ4v) is 39.8. The summed E-state index contributed by atoms with van der Waals surface area (Å²) in [4.78, 5) is 0. The lowest BCUT2D eigenvalue weighted by atomic mass is 10.0. The van der Waals surface area contributed by atoms with Crippen molar-refractivity contribution in [3.8, 4) is 23.3 Å². The molecule has 0 aliphatic carbocycles. The van der Waals surface area contributed by atoms with Gasteiger partial charge in [-0.1, -0.05) is 30.3 Å². The standard InChI is InChI=1S/C29H52N2O6Si7/c1-38(2,3)32-40(6,7)34-42(10,11)36-44(14,15)37-43(12,13)35-41(8,9)33-39(4,5)29-20-18-25(19-21-29)26-16-17-27(23-30)28(22-26)24-31/h16-22H,1-15H3. The molecule has 0 saturated carbocycles. The molecule has 0 fully saturated rings. The van der Waals surface area contributed by atoms with Gasteiger partial charge in [0.15, 0.2) is 8.32 Å². The Hall–Kier alpha value is -1.30. The lowest BCUT2D eigenvalue weighted by Gasteiger charge is -2.43. The molecule has 0 saturated heterocycles. The van der Waals surface area contributed by atoms with Crippen LogP contribution in [0.15, 0.2) is 42.5 Å². The average Bonchev–Trinajstić information content (AvgIpc) is 2.78. The highest BCUT2D eigenvalue weighted by Gasteiger charge is 2.48. The monoisotopic (exact) mass is 720 g/mol. The molecule has 0 spiro atoms. The molecule has 0 bridgehead atoms. The summed E-state index contributed by atoms with van der Waals surface area (Å²) in [7, 11) is -16.8. The Labute approximate surface area is 273 Å². The van der Waals surface area contributed by atoms with Crippen molar-refractivity contribution in [1.29, 1.82) is 10.5 Å². The number of nitrogens with zero attached hydrogens (tertiary/aromatic N) is 2. The van der Waals surface area contributed by atoms with Crippen LogP contribution in [0.1, 0.15) is 11.1 Å². The highest BCUT2D eigenvalue weighted by atomic mass is 28.5. The Balaban J connectivity index is 2.12. The maximum atomic E-state index is 9.41. The number of hydrogen-bond donors (Lipinski definition) is 0. The van der Waals surface area contributed by atoms with Gasteiger partial charge in [-0.25, -0.2) is 0 Å². The van der Waals surface area contributed by atoms with E-state index in [0.717, 1.165) is 16.3 Å². The van der Waals surface area contributed by atoms with Crippen molar-refractivity contribution in [3.05, 3.63) is 53.6 Å². The van der Waals surface area contributed by atoms with Crippen LogP contribution in [0.3, 0.4) is 0 Å². The van der Waals surface area contributed by atoms with Crippen molar-refractivity contribution < 1.29 is 24.7 Å². The molecule has 242 valence electrons. The van der Waals surface area contributed by atoms with Gasteiger partial charge in [0.2, 0.25) is 8.32 Å². The van der Waals surface area contributed by atoms with Crippen LogP contribution < -0.4 is 5.19 Å². The fraction of sp³-hybridized carbons (Fsp3) is 0.517.